The van der Waals surface area contributed by atoms with Crippen LogP contribution < -0.4 is 5.32 Å². The summed E-state index contributed by atoms with van der Waals surface area (Å²) >= 11 is 0. The van der Waals surface area contributed by atoms with Gasteiger partial charge in [-0.3, -0.25) is 14.2 Å². The molecule has 2 aromatic carbocycles. The topological polar surface area (TPSA) is 91.6 Å². The first-order chi connectivity index (χ1) is 13.8. The van der Waals surface area contributed by atoms with E-state index < -0.39 is 35.1 Å². The van der Waals surface area contributed by atoms with Gasteiger partial charge in [-0.05, 0) is 43.7 Å². The fraction of sp³-hybridized carbons (Fsp3) is 0.238. The average molecular weight is 402 g/mol. The van der Waals surface area contributed by atoms with Crippen LogP contribution in [0.1, 0.15) is 34.5 Å². The zero-order valence-electron chi connectivity index (χ0n) is 15.9. The smallest absolute Gasteiger partial charge is 0.262 e. The Morgan fingerprint density at radius 1 is 1.21 bits per heavy atom. The molecule has 3 N–H and O–H groups in total. The van der Waals surface area contributed by atoms with Crippen LogP contribution in [-0.2, 0) is 4.79 Å². The molecule has 1 unspecified atom stereocenters. The van der Waals surface area contributed by atoms with Crippen LogP contribution in [-0.4, -0.2) is 39.7 Å². The number of rotatable bonds is 5. The second-order valence-corrected chi connectivity index (χ2v) is 6.71. The van der Waals surface area contributed by atoms with Gasteiger partial charge >= 0.3 is 0 Å². The van der Waals surface area contributed by atoms with Crippen molar-refractivity contribution in [3.8, 4) is 5.75 Å². The Hall–Kier alpha value is -3.26. The molecule has 0 aliphatic rings. The largest absolute Gasteiger partial charge is 0.505 e. The van der Waals surface area contributed by atoms with Crippen LogP contribution in [0, 0.1) is 18.6 Å². The highest BCUT2D eigenvalue weighted by molar-refractivity contribution is 6.05. The molecule has 0 saturated heterocycles. The quantitative estimate of drug-likeness (QED) is 0.612. The molecule has 0 fully saturated rings. The fourth-order valence-corrected chi connectivity index (χ4v) is 3.47. The van der Waals surface area contributed by atoms with Crippen LogP contribution in [0.15, 0.2) is 36.4 Å². The van der Waals surface area contributed by atoms with Crippen LogP contribution in [0.5, 0.6) is 5.75 Å². The van der Waals surface area contributed by atoms with E-state index in [1.807, 2.05) is 0 Å². The first kappa shape index (κ1) is 20.5. The third-order valence-electron chi connectivity index (χ3n) is 4.83. The van der Waals surface area contributed by atoms with Gasteiger partial charge in [0.25, 0.3) is 5.91 Å². The number of halogens is 2. The van der Waals surface area contributed by atoms with E-state index in [0.717, 1.165) is 18.2 Å². The highest BCUT2D eigenvalue weighted by Gasteiger charge is 2.27. The Morgan fingerprint density at radius 3 is 2.59 bits per heavy atom. The second-order valence-electron chi connectivity index (χ2n) is 6.71. The van der Waals surface area contributed by atoms with Crippen molar-refractivity contribution < 1.29 is 28.6 Å². The number of aromatic hydroxyl groups is 1. The maximum absolute atomic E-state index is 14.1. The van der Waals surface area contributed by atoms with E-state index in [2.05, 4.69) is 5.32 Å². The van der Waals surface area contributed by atoms with Gasteiger partial charge in [0.2, 0.25) is 5.91 Å². The Bertz CT molecular complexity index is 1110. The number of amides is 1. The minimum atomic E-state index is -0.924. The lowest BCUT2D eigenvalue weighted by Gasteiger charge is -2.13. The Balaban J connectivity index is 2.23. The molecule has 0 aliphatic carbocycles. The van der Waals surface area contributed by atoms with E-state index in [0.29, 0.717) is 16.6 Å². The molecular formula is C21H20F2N2O4. The predicted octanol–water partition coefficient (Wildman–Crippen LogP) is 2.83. The molecule has 1 amide bonds. The SMILES string of the molecule is Cc1c(C(C)C(=O)NCCO)c2cc(O)c(F)cc2n1C(=O)c1cccc(F)c1. The molecule has 0 saturated carbocycles. The summed E-state index contributed by atoms with van der Waals surface area (Å²) < 4.78 is 28.9. The summed E-state index contributed by atoms with van der Waals surface area (Å²) in [5.74, 6) is -3.87. The van der Waals surface area contributed by atoms with Crippen molar-refractivity contribution in [1.82, 2.24) is 9.88 Å². The van der Waals surface area contributed by atoms with Gasteiger partial charge in [0.1, 0.15) is 5.82 Å². The highest BCUT2D eigenvalue weighted by Crippen LogP contribution is 2.36. The molecule has 3 rings (SSSR count). The molecule has 0 aliphatic heterocycles. The van der Waals surface area contributed by atoms with Crippen molar-refractivity contribution in [3.05, 3.63) is 64.9 Å². The van der Waals surface area contributed by atoms with E-state index in [4.69, 9.17) is 5.11 Å². The number of aromatic nitrogens is 1. The summed E-state index contributed by atoms with van der Waals surface area (Å²) in [6.45, 7) is 3.02. The van der Waals surface area contributed by atoms with Crippen molar-refractivity contribution in [2.75, 3.05) is 13.2 Å². The van der Waals surface area contributed by atoms with Crippen LogP contribution in [0.4, 0.5) is 8.78 Å². The second kappa shape index (κ2) is 8.00. The lowest BCUT2D eigenvalue weighted by Crippen LogP contribution is -2.30. The minimum absolute atomic E-state index is 0.0578. The molecular weight excluding hydrogens is 382 g/mol. The number of carbonyl (C=O) groups excluding carboxylic acids is 2. The van der Waals surface area contributed by atoms with Gasteiger partial charge in [-0.1, -0.05) is 6.07 Å². The number of benzene rings is 2. The van der Waals surface area contributed by atoms with Crippen molar-refractivity contribution >= 4 is 22.7 Å². The zero-order chi connectivity index (χ0) is 21.3. The highest BCUT2D eigenvalue weighted by atomic mass is 19.1. The molecule has 3 aromatic rings. The lowest BCUT2D eigenvalue weighted by atomic mass is 9.97. The van der Waals surface area contributed by atoms with E-state index in [1.54, 1.807) is 13.8 Å². The van der Waals surface area contributed by atoms with Gasteiger partial charge in [0.15, 0.2) is 11.6 Å². The van der Waals surface area contributed by atoms with E-state index >= 15 is 0 Å². The monoisotopic (exact) mass is 402 g/mol. The first-order valence-electron chi connectivity index (χ1n) is 8.98. The molecule has 1 aromatic heterocycles. The van der Waals surface area contributed by atoms with Gasteiger partial charge < -0.3 is 15.5 Å². The van der Waals surface area contributed by atoms with E-state index in [1.165, 1.54) is 22.8 Å². The van der Waals surface area contributed by atoms with Gasteiger partial charge in [-0.15, -0.1) is 0 Å². The molecule has 1 heterocycles. The number of nitrogens with zero attached hydrogens (tertiary/aromatic N) is 1. The van der Waals surface area contributed by atoms with Crippen LogP contribution in [0.25, 0.3) is 10.9 Å². The summed E-state index contributed by atoms with van der Waals surface area (Å²) in [6.07, 6.45) is 0. The molecule has 8 heteroatoms. The summed E-state index contributed by atoms with van der Waals surface area (Å²) in [7, 11) is 0. The minimum Gasteiger partial charge on any atom is -0.505 e. The summed E-state index contributed by atoms with van der Waals surface area (Å²) in [5, 5.41) is 21.6. The number of phenols is 1. The number of nitrogens with one attached hydrogen (secondary N) is 1. The maximum Gasteiger partial charge on any atom is 0.262 e. The van der Waals surface area contributed by atoms with Crippen molar-refractivity contribution in [3.63, 3.8) is 0 Å². The molecule has 6 nitrogen and oxygen atoms in total. The summed E-state index contributed by atoms with van der Waals surface area (Å²) in [4.78, 5) is 25.5. The molecule has 1 atom stereocenters. The number of fused-ring (bicyclic) bond motifs is 1. The third-order valence-corrected chi connectivity index (χ3v) is 4.83. The van der Waals surface area contributed by atoms with E-state index in [-0.39, 0.29) is 24.2 Å². The Labute approximate surface area is 165 Å². The lowest BCUT2D eigenvalue weighted by molar-refractivity contribution is -0.122. The number of hydrogen-bond donors (Lipinski definition) is 3. The number of carbonyl (C=O) groups is 2. The van der Waals surface area contributed by atoms with E-state index in [9.17, 15) is 23.5 Å². The zero-order valence-corrected chi connectivity index (χ0v) is 15.9. The predicted molar refractivity (Wildman–Crippen MR) is 103 cm³/mol. The van der Waals surface area contributed by atoms with Crippen molar-refractivity contribution in [2.24, 2.45) is 0 Å². The summed E-state index contributed by atoms with van der Waals surface area (Å²) in [5.41, 5.74) is 1.01. The molecule has 0 radical (unpaired) electrons. The standard InChI is InChI=1S/C21H20F2N2O4/c1-11(20(28)24-6-7-26)19-12(2)25(17-10-16(23)18(27)9-15(17)19)21(29)13-4-3-5-14(22)8-13/h3-5,8-11,26-27H,6-7H2,1-2H3,(H,24,28). The fourth-order valence-electron chi connectivity index (χ4n) is 3.47. The third kappa shape index (κ3) is 3.71. The van der Waals surface area contributed by atoms with Crippen LogP contribution >= 0.6 is 0 Å². The van der Waals surface area contributed by atoms with Crippen molar-refractivity contribution in [2.45, 2.75) is 19.8 Å². The molecule has 0 bridgehead atoms. The van der Waals surface area contributed by atoms with Crippen LogP contribution in [0.3, 0.4) is 0 Å². The average Bonchev–Trinajstić information content (AvgIpc) is 2.96. The number of phenolic OH excluding ortho intramolecular Hbond substituents is 1. The van der Waals surface area contributed by atoms with Gasteiger partial charge in [-0.2, -0.15) is 0 Å². The van der Waals surface area contributed by atoms with Gasteiger partial charge in [0.05, 0.1) is 18.0 Å². The van der Waals surface area contributed by atoms with Crippen LogP contribution in [0.2, 0.25) is 0 Å². The number of aliphatic hydroxyl groups excluding tert-OH is 1. The Morgan fingerprint density at radius 2 is 1.93 bits per heavy atom. The number of aliphatic hydroxyl groups is 1. The summed E-state index contributed by atoms with van der Waals surface area (Å²) in [6, 6.07) is 7.27. The first-order valence-corrected chi connectivity index (χ1v) is 8.98. The van der Waals surface area contributed by atoms with Crippen molar-refractivity contribution in [1.29, 1.82) is 0 Å². The van der Waals surface area contributed by atoms with Gasteiger partial charge in [-0.25, -0.2) is 8.78 Å². The Kier molecular flexibility index (Phi) is 5.65. The molecule has 29 heavy (non-hydrogen) atoms. The number of hydrogen-bond acceptors (Lipinski definition) is 4. The molecule has 152 valence electrons. The maximum atomic E-state index is 14.1. The molecule has 0 spiro atoms. The normalized spacial score (nSPS) is 12.2. The van der Waals surface area contributed by atoms with Gasteiger partial charge in [0, 0.05) is 29.3 Å².